The number of carbonyl (C=O) groups is 2. The van der Waals surface area contributed by atoms with Gasteiger partial charge in [0.25, 0.3) is 0 Å². The zero-order chi connectivity index (χ0) is 14.8. The molecule has 0 aliphatic carbocycles. The van der Waals surface area contributed by atoms with E-state index in [0.717, 1.165) is 12.1 Å². The number of carbonyl (C=O) groups excluding carboxylic acids is 2. The van der Waals surface area contributed by atoms with Gasteiger partial charge in [0.15, 0.2) is 0 Å². The molecule has 3 rings (SSSR count). The van der Waals surface area contributed by atoms with Crippen molar-refractivity contribution in [2.45, 2.75) is 19.4 Å². The van der Waals surface area contributed by atoms with Crippen molar-refractivity contribution < 1.29 is 9.59 Å². The fraction of sp³-hybridized carbons (Fsp3) is 0.500. The van der Waals surface area contributed by atoms with Gasteiger partial charge in [-0.1, -0.05) is 24.3 Å². The number of hydrogen-bond acceptors (Lipinski definition) is 3. The lowest BCUT2D eigenvalue weighted by Crippen LogP contribution is -2.52. The van der Waals surface area contributed by atoms with Gasteiger partial charge in [-0.3, -0.25) is 9.59 Å². The molecule has 2 aliphatic rings. The van der Waals surface area contributed by atoms with Crippen molar-refractivity contribution >= 4 is 11.8 Å². The smallest absolute Gasteiger partial charge is 0.231 e. The molecule has 5 nitrogen and oxygen atoms in total. The topological polar surface area (TPSA) is 52.7 Å². The van der Waals surface area contributed by atoms with Crippen LogP contribution in [0.5, 0.6) is 0 Å². The number of rotatable bonds is 1. The number of nitrogens with one attached hydrogen (secondary N) is 1. The van der Waals surface area contributed by atoms with Crippen molar-refractivity contribution in [3.05, 3.63) is 35.4 Å². The van der Waals surface area contributed by atoms with Crippen molar-refractivity contribution in [1.29, 1.82) is 0 Å². The molecular formula is C16H21N3O2. The Morgan fingerprint density at radius 2 is 1.76 bits per heavy atom. The van der Waals surface area contributed by atoms with Crippen LogP contribution < -0.4 is 5.32 Å². The zero-order valence-corrected chi connectivity index (χ0v) is 12.3. The number of nitrogens with zero attached hydrogens (tertiary/aromatic N) is 2. The summed E-state index contributed by atoms with van der Waals surface area (Å²) in [5, 5.41) is 3.33. The predicted octanol–water partition coefficient (Wildman–Crippen LogP) is 0.564. The molecule has 0 aromatic heterocycles. The Labute approximate surface area is 124 Å². The molecule has 1 N–H and O–H groups in total. The summed E-state index contributed by atoms with van der Waals surface area (Å²) in [5.41, 5.74) is 2.36. The lowest BCUT2D eigenvalue weighted by atomic mass is 9.89. The van der Waals surface area contributed by atoms with Gasteiger partial charge in [-0.25, -0.2) is 0 Å². The van der Waals surface area contributed by atoms with E-state index in [4.69, 9.17) is 0 Å². The van der Waals surface area contributed by atoms with E-state index in [1.165, 1.54) is 5.56 Å². The third-order valence-corrected chi connectivity index (χ3v) is 4.43. The third-order valence-electron chi connectivity index (χ3n) is 4.43. The Morgan fingerprint density at radius 1 is 1.10 bits per heavy atom. The summed E-state index contributed by atoms with van der Waals surface area (Å²) < 4.78 is 0. The number of fused-ring (bicyclic) bond motifs is 1. The Balaban J connectivity index is 1.71. The van der Waals surface area contributed by atoms with E-state index in [1.807, 2.05) is 17.0 Å². The summed E-state index contributed by atoms with van der Waals surface area (Å²) in [5.74, 6) is 0.170. The van der Waals surface area contributed by atoms with Crippen LogP contribution in [0.15, 0.2) is 24.3 Å². The van der Waals surface area contributed by atoms with Crippen molar-refractivity contribution in [3.63, 3.8) is 0 Å². The fourth-order valence-corrected chi connectivity index (χ4v) is 3.18. The normalized spacial score (nSPS) is 21.9. The molecule has 21 heavy (non-hydrogen) atoms. The standard InChI is InChI=1S/C16H21N3O2/c1-12(20)18-6-8-19(9-7-18)16(21)15-11-17-10-13-4-2-3-5-14(13)15/h2-5,15,17H,6-11H2,1H3. The summed E-state index contributed by atoms with van der Waals surface area (Å²) >= 11 is 0. The monoisotopic (exact) mass is 287 g/mol. The van der Waals surface area contributed by atoms with Gasteiger partial charge in [-0.05, 0) is 11.1 Å². The molecular weight excluding hydrogens is 266 g/mol. The quantitative estimate of drug-likeness (QED) is 0.821. The van der Waals surface area contributed by atoms with E-state index in [0.29, 0.717) is 32.7 Å². The molecule has 0 spiro atoms. The maximum Gasteiger partial charge on any atom is 0.231 e. The SMILES string of the molecule is CC(=O)N1CCN(C(=O)C2CNCc3ccccc32)CC1. The zero-order valence-electron chi connectivity index (χ0n) is 12.3. The summed E-state index contributed by atoms with van der Waals surface area (Å²) in [6.07, 6.45) is 0. The van der Waals surface area contributed by atoms with Gasteiger partial charge in [-0.15, -0.1) is 0 Å². The number of amides is 2. The first-order valence-electron chi connectivity index (χ1n) is 7.49. The Bertz CT molecular complexity index is 550. The van der Waals surface area contributed by atoms with Gasteiger partial charge in [0.2, 0.25) is 11.8 Å². The predicted molar refractivity (Wildman–Crippen MR) is 79.7 cm³/mol. The number of piperazine rings is 1. The largest absolute Gasteiger partial charge is 0.339 e. The van der Waals surface area contributed by atoms with Crippen LogP contribution in [-0.2, 0) is 16.1 Å². The number of benzene rings is 1. The van der Waals surface area contributed by atoms with Crippen LogP contribution in [0, 0.1) is 0 Å². The Kier molecular flexibility index (Phi) is 3.92. The van der Waals surface area contributed by atoms with Gasteiger partial charge in [-0.2, -0.15) is 0 Å². The molecule has 1 fully saturated rings. The fourth-order valence-electron chi connectivity index (χ4n) is 3.18. The molecule has 1 atom stereocenters. The minimum absolute atomic E-state index is 0.0896. The van der Waals surface area contributed by atoms with Gasteiger partial charge >= 0.3 is 0 Å². The van der Waals surface area contributed by atoms with Crippen LogP contribution in [0.25, 0.3) is 0 Å². The molecule has 2 aliphatic heterocycles. The molecule has 0 saturated carbocycles. The van der Waals surface area contributed by atoms with E-state index in [1.54, 1.807) is 11.8 Å². The van der Waals surface area contributed by atoms with Crippen molar-refractivity contribution in [1.82, 2.24) is 15.1 Å². The van der Waals surface area contributed by atoms with Crippen LogP contribution in [0.1, 0.15) is 24.0 Å². The first-order chi connectivity index (χ1) is 10.2. The highest BCUT2D eigenvalue weighted by molar-refractivity contribution is 5.85. The van der Waals surface area contributed by atoms with Crippen LogP contribution >= 0.6 is 0 Å². The maximum absolute atomic E-state index is 12.8. The van der Waals surface area contributed by atoms with Crippen LogP contribution in [0.4, 0.5) is 0 Å². The molecule has 1 aromatic rings. The van der Waals surface area contributed by atoms with E-state index >= 15 is 0 Å². The van der Waals surface area contributed by atoms with Gasteiger partial charge < -0.3 is 15.1 Å². The Hall–Kier alpha value is -1.88. The summed E-state index contributed by atoms with van der Waals surface area (Å²) in [6, 6.07) is 8.15. The minimum atomic E-state index is -0.0983. The Morgan fingerprint density at radius 3 is 2.48 bits per heavy atom. The average Bonchev–Trinajstić information content (AvgIpc) is 2.53. The molecule has 5 heteroatoms. The molecule has 1 aromatic carbocycles. The van der Waals surface area contributed by atoms with Gasteiger partial charge in [0.05, 0.1) is 5.92 Å². The first kappa shape index (κ1) is 14.1. The van der Waals surface area contributed by atoms with Crippen LogP contribution in [0.3, 0.4) is 0 Å². The van der Waals surface area contributed by atoms with E-state index in [9.17, 15) is 9.59 Å². The van der Waals surface area contributed by atoms with Crippen molar-refractivity contribution in [3.8, 4) is 0 Å². The summed E-state index contributed by atoms with van der Waals surface area (Å²) in [7, 11) is 0. The van der Waals surface area contributed by atoms with Crippen molar-refractivity contribution in [2.24, 2.45) is 0 Å². The minimum Gasteiger partial charge on any atom is -0.339 e. The average molecular weight is 287 g/mol. The second-order valence-electron chi connectivity index (χ2n) is 5.71. The maximum atomic E-state index is 12.8. The highest BCUT2D eigenvalue weighted by atomic mass is 16.2. The van der Waals surface area contributed by atoms with Crippen molar-refractivity contribution in [2.75, 3.05) is 32.7 Å². The summed E-state index contributed by atoms with van der Waals surface area (Å²) in [6.45, 7) is 5.67. The molecule has 1 saturated heterocycles. The van der Waals surface area contributed by atoms with E-state index < -0.39 is 0 Å². The highest BCUT2D eigenvalue weighted by Crippen LogP contribution is 2.26. The first-order valence-corrected chi connectivity index (χ1v) is 7.49. The molecule has 2 heterocycles. The lowest BCUT2D eigenvalue weighted by Gasteiger charge is -2.37. The van der Waals surface area contributed by atoms with Gasteiger partial charge in [0.1, 0.15) is 0 Å². The summed E-state index contributed by atoms with van der Waals surface area (Å²) in [4.78, 5) is 27.8. The molecule has 0 radical (unpaired) electrons. The molecule has 1 unspecified atom stereocenters. The third kappa shape index (κ3) is 2.78. The second kappa shape index (κ2) is 5.85. The van der Waals surface area contributed by atoms with Gasteiger partial charge in [0, 0.05) is 46.2 Å². The van der Waals surface area contributed by atoms with E-state index in [-0.39, 0.29) is 17.7 Å². The highest BCUT2D eigenvalue weighted by Gasteiger charge is 2.31. The number of hydrogen-bond donors (Lipinski definition) is 1. The van der Waals surface area contributed by atoms with E-state index in [2.05, 4.69) is 17.4 Å². The molecule has 0 bridgehead atoms. The second-order valence-corrected chi connectivity index (χ2v) is 5.71. The van der Waals surface area contributed by atoms with Crippen LogP contribution in [-0.4, -0.2) is 54.3 Å². The van der Waals surface area contributed by atoms with Crippen LogP contribution in [0.2, 0.25) is 0 Å². The lowest BCUT2D eigenvalue weighted by molar-refractivity contribution is -0.139. The molecule has 112 valence electrons. The molecule has 2 amide bonds.